The van der Waals surface area contributed by atoms with Gasteiger partial charge in [0.2, 0.25) is 0 Å². The van der Waals surface area contributed by atoms with Gasteiger partial charge in [-0.15, -0.1) is 0 Å². The monoisotopic (exact) mass is 465 g/mol. The number of hydrogen-bond donors (Lipinski definition) is 0. The Balaban J connectivity index is 1.75. The summed E-state index contributed by atoms with van der Waals surface area (Å²) in [5.74, 6) is 0.00161. The number of nitro benzene ring substituents is 1. The van der Waals surface area contributed by atoms with E-state index in [-0.39, 0.29) is 17.3 Å². The average molecular weight is 466 g/mol. The van der Waals surface area contributed by atoms with E-state index in [2.05, 4.69) is 4.90 Å². The zero-order valence-electron chi connectivity index (χ0n) is 19.1. The Morgan fingerprint density at radius 1 is 0.886 bits per heavy atom. The number of amides is 1. The van der Waals surface area contributed by atoms with Crippen LogP contribution in [0.3, 0.4) is 0 Å². The van der Waals surface area contributed by atoms with Gasteiger partial charge < -0.3 is 9.64 Å². The van der Waals surface area contributed by atoms with Gasteiger partial charge in [0.1, 0.15) is 6.17 Å². The third kappa shape index (κ3) is 4.08. The van der Waals surface area contributed by atoms with Crippen LogP contribution in [0.2, 0.25) is 0 Å². The second kappa shape index (κ2) is 9.30. The molecule has 1 aliphatic rings. The van der Waals surface area contributed by atoms with Gasteiger partial charge >= 0.3 is 5.69 Å². The number of carbonyl (C=O) groups is 1. The van der Waals surface area contributed by atoms with E-state index < -0.39 is 11.1 Å². The smallest absolute Gasteiger partial charge is 0.311 e. The molecule has 0 unspecified atom stereocenters. The van der Waals surface area contributed by atoms with Gasteiger partial charge in [-0.2, -0.15) is 0 Å². The van der Waals surface area contributed by atoms with Gasteiger partial charge in [0, 0.05) is 23.9 Å². The Labute approximate surface area is 203 Å². The molecule has 4 aromatic carbocycles. The largest absolute Gasteiger partial charge is 0.490 e. The highest BCUT2D eigenvalue weighted by Gasteiger charge is 2.40. The fourth-order valence-electron chi connectivity index (χ4n) is 4.56. The number of benzene rings is 4. The molecule has 1 aliphatic heterocycles. The standard InChI is InChI=1S/C28H23N3O4/c1-35-26-17-16-21(18-25(26)31(33)34)27-29(19-20-10-4-2-5-11-20)24-15-9-8-14-23(24)28(32)30(27)22-12-6-3-7-13-22/h2-18,27H,19H2,1H3/t27-/m1/s1. The van der Waals surface area contributed by atoms with Gasteiger partial charge in [0.25, 0.3) is 5.91 Å². The average Bonchev–Trinajstić information content (AvgIpc) is 2.90. The van der Waals surface area contributed by atoms with Crippen molar-refractivity contribution < 1.29 is 14.5 Å². The number of ether oxygens (including phenoxy) is 1. The number of nitro groups is 1. The Kier molecular flexibility index (Phi) is 5.89. The lowest BCUT2D eigenvalue weighted by Crippen LogP contribution is -2.49. The van der Waals surface area contributed by atoms with Crippen LogP contribution in [0.5, 0.6) is 5.75 Å². The fraction of sp³-hybridized carbons (Fsp3) is 0.107. The molecule has 0 saturated heterocycles. The van der Waals surface area contributed by atoms with Crippen LogP contribution in [-0.4, -0.2) is 17.9 Å². The highest BCUT2D eigenvalue weighted by molar-refractivity contribution is 6.12. The molecule has 174 valence electrons. The van der Waals surface area contributed by atoms with Crippen LogP contribution in [0.4, 0.5) is 17.1 Å². The maximum Gasteiger partial charge on any atom is 0.311 e. The van der Waals surface area contributed by atoms with E-state index in [1.807, 2.05) is 84.9 Å². The van der Waals surface area contributed by atoms with E-state index in [0.717, 1.165) is 11.3 Å². The number of methoxy groups -OCH3 is 1. The van der Waals surface area contributed by atoms with Gasteiger partial charge in [-0.3, -0.25) is 19.8 Å². The van der Waals surface area contributed by atoms with Crippen molar-refractivity contribution in [2.45, 2.75) is 12.7 Å². The lowest BCUT2D eigenvalue weighted by Gasteiger charge is -2.46. The molecular weight excluding hydrogens is 442 g/mol. The van der Waals surface area contributed by atoms with Crippen LogP contribution in [0.15, 0.2) is 103 Å². The summed E-state index contributed by atoms with van der Waals surface area (Å²) >= 11 is 0. The summed E-state index contributed by atoms with van der Waals surface area (Å²) in [5.41, 5.74) is 3.57. The maximum atomic E-state index is 13.9. The van der Waals surface area contributed by atoms with Gasteiger partial charge in [-0.05, 0) is 35.9 Å². The summed E-state index contributed by atoms with van der Waals surface area (Å²) in [6.07, 6.45) is -0.621. The first-order valence-electron chi connectivity index (χ1n) is 11.2. The molecular formula is C28H23N3O4. The van der Waals surface area contributed by atoms with Crippen molar-refractivity contribution in [1.82, 2.24) is 0 Å². The van der Waals surface area contributed by atoms with Gasteiger partial charge in [0.15, 0.2) is 5.75 Å². The summed E-state index contributed by atoms with van der Waals surface area (Å²) in [7, 11) is 1.40. The molecule has 1 heterocycles. The second-order valence-corrected chi connectivity index (χ2v) is 8.20. The molecule has 0 aromatic heterocycles. The minimum absolute atomic E-state index is 0.149. The number of rotatable bonds is 6. The number of para-hydroxylation sites is 2. The molecule has 0 saturated carbocycles. The minimum Gasteiger partial charge on any atom is -0.490 e. The van der Waals surface area contributed by atoms with Crippen LogP contribution in [0.25, 0.3) is 0 Å². The first-order chi connectivity index (χ1) is 17.1. The van der Waals surface area contributed by atoms with Crippen molar-refractivity contribution in [3.05, 3.63) is 130 Å². The van der Waals surface area contributed by atoms with Crippen molar-refractivity contribution in [2.24, 2.45) is 0 Å². The zero-order valence-corrected chi connectivity index (χ0v) is 19.1. The van der Waals surface area contributed by atoms with Crippen molar-refractivity contribution in [1.29, 1.82) is 0 Å². The molecule has 0 bridgehead atoms. The van der Waals surface area contributed by atoms with E-state index >= 15 is 0 Å². The first-order valence-corrected chi connectivity index (χ1v) is 11.2. The topological polar surface area (TPSA) is 75.9 Å². The molecule has 4 aromatic rings. The minimum atomic E-state index is -0.621. The highest BCUT2D eigenvalue weighted by Crippen LogP contribution is 2.43. The summed E-state index contributed by atoms with van der Waals surface area (Å²) in [4.78, 5) is 29.1. The lowest BCUT2D eigenvalue weighted by atomic mass is 9.98. The Morgan fingerprint density at radius 3 is 2.23 bits per heavy atom. The molecule has 1 atom stereocenters. The number of anilines is 2. The molecule has 0 radical (unpaired) electrons. The molecule has 35 heavy (non-hydrogen) atoms. The van der Waals surface area contributed by atoms with E-state index in [1.54, 1.807) is 17.0 Å². The molecule has 1 amide bonds. The summed E-state index contributed by atoms with van der Waals surface area (Å²) in [6.45, 7) is 0.499. The number of nitrogens with zero attached hydrogens (tertiary/aromatic N) is 3. The number of hydrogen-bond acceptors (Lipinski definition) is 5. The predicted octanol–water partition coefficient (Wildman–Crippen LogP) is 5.97. The van der Waals surface area contributed by atoms with Crippen LogP contribution in [0.1, 0.15) is 27.7 Å². The van der Waals surface area contributed by atoms with E-state index in [9.17, 15) is 14.9 Å². The van der Waals surface area contributed by atoms with Crippen molar-refractivity contribution >= 4 is 23.0 Å². The third-order valence-corrected chi connectivity index (χ3v) is 6.13. The molecule has 0 aliphatic carbocycles. The maximum absolute atomic E-state index is 13.9. The first kappa shape index (κ1) is 22.2. The van der Waals surface area contributed by atoms with Gasteiger partial charge in [-0.25, -0.2) is 0 Å². The van der Waals surface area contributed by atoms with Crippen LogP contribution in [0, 0.1) is 10.1 Å². The quantitative estimate of drug-likeness (QED) is 0.259. The molecule has 0 N–H and O–H groups in total. The molecule has 7 nitrogen and oxygen atoms in total. The van der Waals surface area contributed by atoms with Crippen LogP contribution >= 0.6 is 0 Å². The lowest BCUT2D eigenvalue weighted by molar-refractivity contribution is -0.385. The highest BCUT2D eigenvalue weighted by atomic mass is 16.6. The molecule has 0 fully saturated rings. The fourth-order valence-corrected chi connectivity index (χ4v) is 4.56. The van der Waals surface area contributed by atoms with Crippen molar-refractivity contribution in [3.8, 4) is 5.75 Å². The normalized spacial score (nSPS) is 15.0. The van der Waals surface area contributed by atoms with E-state index in [1.165, 1.54) is 13.2 Å². The Bertz CT molecular complexity index is 1380. The van der Waals surface area contributed by atoms with Gasteiger partial charge in [0.05, 0.1) is 23.3 Å². The summed E-state index contributed by atoms with van der Waals surface area (Å²) in [6, 6.07) is 31.7. The molecule has 7 heteroatoms. The predicted molar refractivity (Wildman–Crippen MR) is 135 cm³/mol. The van der Waals surface area contributed by atoms with Gasteiger partial charge in [-0.1, -0.05) is 66.7 Å². The van der Waals surface area contributed by atoms with Crippen molar-refractivity contribution in [2.75, 3.05) is 16.9 Å². The molecule has 0 spiro atoms. The van der Waals surface area contributed by atoms with Crippen LogP contribution < -0.4 is 14.5 Å². The second-order valence-electron chi connectivity index (χ2n) is 8.20. The number of carbonyl (C=O) groups excluding carboxylic acids is 1. The number of fused-ring (bicyclic) bond motifs is 1. The molecule has 5 rings (SSSR count). The van der Waals surface area contributed by atoms with E-state index in [4.69, 9.17) is 4.74 Å². The Morgan fingerprint density at radius 2 is 1.54 bits per heavy atom. The van der Waals surface area contributed by atoms with Crippen molar-refractivity contribution in [3.63, 3.8) is 0 Å². The summed E-state index contributed by atoms with van der Waals surface area (Å²) < 4.78 is 5.22. The summed E-state index contributed by atoms with van der Waals surface area (Å²) in [5, 5.41) is 11.8. The SMILES string of the molecule is COc1ccc([C@@H]2N(Cc3ccccc3)c3ccccc3C(=O)N2c2ccccc2)cc1[N+](=O)[O-]. The van der Waals surface area contributed by atoms with Crippen LogP contribution in [-0.2, 0) is 6.54 Å². The van der Waals surface area contributed by atoms with E-state index in [0.29, 0.717) is 23.4 Å². The Hall–Kier alpha value is -4.65. The zero-order chi connectivity index (χ0) is 24.4. The third-order valence-electron chi connectivity index (χ3n) is 6.13.